The maximum atomic E-state index is 13.1. The van der Waals surface area contributed by atoms with Gasteiger partial charge in [-0.2, -0.15) is 0 Å². The van der Waals surface area contributed by atoms with E-state index in [9.17, 15) is 4.79 Å². The molecule has 3 heterocycles. The minimum atomic E-state index is -0.288. The van der Waals surface area contributed by atoms with Gasteiger partial charge in [-0.3, -0.25) is 4.79 Å². The lowest BCUT2D eigenvalue weighted by atomic mass is 9.72. The smallest absolute Gasteiger partial charge is 0.231 e. The minimum Gasteiger partial charge on any atom is -0.454 e. The van der Waals surface area contributed by atoms with Crippen molar-refractivity contribution in [2.75, 3.05) is 13.3 Å². The number of carbonyl (C=O) groups is 1. The van der Waals surface area contributed by atoms with Crippen LogP contribution in [0.25, 0.3) is 11.3 Å². The molecule has 0 radical (unpaired) electrons. The van der Waals surface area contributed by atoms with Gasteiger partial charge in [0.2, 0.25) is 12.6 Å². The molecule has 148 valence electrons. The van der Waals surface area contributed by atoms with E-state index in [1.54, 1.807) is 6.07 Å². The Balaban J connectivity index is 1.36. The van der Waals surface area contributed by atoms with Gasteiger partial charge < -0.3 is 19.3 Å². The first-order valence-corrected chi connectivity index (χ1v) is 9.82. The fraction of sp³-hybridized carbons (Fsp3) is 0.304. The SMILES string of the molecule is CC1(c2ccccc2)CCNC(C(=O)c2cc(-c3ccc4c(c3)OCO4)on2)C1. The molecule has 3 aromatic rings. The van der Waals surface area contributed by atoms with Crippen molar-refractivity contribution in [2.24, 2.45) is 0 Å². The lowest BCUT2D eigenvalue weighted by Gasteiger charge is -2.38. The summed E-state index contributed by atoms with van der Waals surface area (Å²) in [7, 11) is 0. The number of nitrogens with one attached hydrogen (secondary N) is 1. The minimum absolute atomic E-state index is 0.0393. The summed E-state index contributed by atoms with van der Waals surface area (Å²) in [5.41, 5.74) is 2.36. The standard InChI is InChI=1S/C23H22N2O4/c1-23(16-5-3-2-4-6-16)9-10-24-18(13-23)22(26)17-12-20(29-25-17)15-7-8-19-21(11-15)28-14-27-19/h2-8,11-12,18,24H,9-10,13-14H2,1H3. The van der Waals surface area contributed by atoms with Gasteiger partial charge in [0.05, 0.1) is 6.04 Å². The predicted octanol–water partition coefficient (Wildman–Crippen LogP) is 3.96. The lowest BCUT2D eigenvalue weighted by molar-refractivity contribution is 0.0890. The van der Waals surface area contributed by atoms with E-state index in [0.29, 0.717) is 23.0 Å². The third-order valence-corrected chi connectivity index (χ3v) is 5.93. The van der Waals surface area contributed by atoms with E-state index < -0.39 is 0 Å². The van der Waals surface area contributed by atoms with Crippen molar-refractivity contribution < 1.29 is 18.8 Å². The number of piperidine rings is 1. The quantitative estimate of drug-likeness (QED) is 0.680. The van der Waals surface area contributed by atoms with Crippen LogP contribution in [0.3, 0.4) is 0 Å². The Morgan fingerprint density at radius 3 is 2.79 bits per heavy atom. The molecule has 1 aromatic heterocycles. The molecule has 1 fully saturated rings. The number of Topliss-reactive ketones (excluding diaryl/α,β-unsaturated/α-hetero) is 1. The zero-order chi connectivity index (χ0) is 19.8. The Kier molecular flexibility index (Phi) is 4.36. The number of rotatable bonds is 4. The molecule has 0 bridgehead atoms. The van der Waals surface area contributed by atoms with E-state index in [1.807, 2.05) is 24.3 Å². The van der Waals surface area contributed by atoms with Crippen molar-refractivity contribution >= 4 is 5.78 Å². The predicted molar refractivity (Wildman–Crippen MR) is 107 cm³/mol. The normalized spacial score (nSPS) is 23.1. The van der Waals surface area contributed by atoms with Crippen molar-refractivity contribution in [3.63, 3.8) is 0 Å². The summed E-state index contributed by atoms with van der Waals surface area (Å²) in [6.07, 6.45) is 1.71. The fourth-order valence-corrected chi connectivity index (χ4v) is 4.19. The number of benzene rings is 2. The zero-order valence-corrected chi connectivity index (χ0v) is 16.2. The molecule has 0 amide bonds. The summed E-state index contributed by atoms with van der Waals surface area (Å²) in [5, 5.41) is 7.40. The van der Waals surface area contributed by atoms with Crippen molar-refractivity contribution in [2.45, 2.75) is 31.2 Å². The number of hydrogen-bond donors (Lipinski definition) is 1. The van der Waals surface area contributed by atoms with Crippen LogP contribution >= 0.6 is 0 Å². The van der Waals surface area contributed by atoms with Crippen LogP contribution in [-0.4, -0.2) is 30.3 Å². The molecule has 1 saturated heterocycles. The summed E-state index contributed by atoms with van der Waals surface area (Å²) in [5.74, 6) is 1.87. The van der Waals surface area contributed by atoms with E-state index in [0.717, 1.165) is 24.9 Å². The van der Waals surface area contributed by atoms with E-state index >= 15 is 0 Å². The van der Waals surface area contributed by atoms with Gasteiger partial charge in [0.25, 0.3) is 0 Å². The van der Waals surface area contributed by atoms with Crippen LogP contribution in [0.1, 0.15) is 35.8 Å². The average Bonchev–Trinajstić information content (AvgIpc) is 3.43. The second kappa shape index (κ2) is 7.04. The van der Waals surface area contributed by atoms with E-state index in [2.05, 4.69) is 41.7 Å². The highest BCUT2D eigenvalue weighted by Gasteiger charge is 2.37. The van der Waals surface area contributed by atoms with Crippen LogP contribution < -0.4 is 14.8 Å². The molecule has 2 aliphatic rings. The molecule has 0 aliphatic carbocycles. The van der Waals surface area contributed by atoms with Gasteiger partial charge in [-0.1, -0.05) is 42.4 Å². The number of hydrogen-bond acceptors (Lipinski definition) is 6. The van der Waals surface area contributed by atoms with Gasteiger partial charge >= 0.3 is 0 Å². The van der Waals surface area contributed by atoms with Crippen LogP contribution in [0, 0.1) is 0 Å². The Bertz CT molecular complexity index is 1050. The molecule has 6 nitrogen and oxygen atoms in total. The maximum Gasteiger partial charge on any atom is 0.231 e. The Labute approximate surface area is 168 Å². The summed E-state index contributed by atoms with van der Waals surface area (Å²) < 4.78 is 16.2. The number of nitrogens with zero attached hydrogens (tertiary/aromatic N) is 1. The number of aromatic nitrogens is 1. The molecule has 1 N–H and O–H groups in total. The van der Waals surface area contributed by atoms with Crippen LogP contribution in [0.15, 0.2) is 59.1 Å². The van der Waals surface area contributed by atoms with Gasteiger partial charge in [-0.15, -0.1) is 0 Å². The molecule has 2 atom stereocenters. The van der Waals surface area contributed by atoms with E-state index in [1.165, 1.54) is 5.56 Å². The molecule has 0 spiro atoms. The van der Waals surface area contributed by atoms with Crippen LogP contribution in [-0.2, 0) is 5.41 Å². The molecule has 2 unspecified atom stereocenters. The molecule has 6 heteroatoms. The molecular formula is C23H22N2O4. The summed E-state index contributed by atoms with van der Waals surface area (Å²) in [4.78, 5) is 13.1. The number of ether oxygens (including phenoxy) is 2. The molecule has 0 saturated carbocycles. The summed E-state index contributed by atoms with van der Waals surface area (Å²) >= 11 is 0. The van der Waals surface area contributed by atoms with Crippen molar-refractivity contribution in [1.82, 2.24) is 10.5 Å². The molecular weight excluding hydrogens is 368 g/mol. The molecule has 2 aromatic carbocycles. The highest BCUT2D eigenvalue weighted by molar-refractivity contribution is 5.99. The average molecular weight is 390 g/mol. The number of fused-ring (bicyclic) bond motifs is 1. The first-order valence-electron chi connectivity index (χ1n) is 9.82. The summed E-state index contributed by atoms with van der Waals surface area (Å²) in [6, 6.07) is 17.3. The third-order valence-electron chi connectivity index (χ3n) is 5.93. The Morgan fingerprint density at radius 1 is 1.10 bits per heavy atom. The monoisotopic (exact) mass is 390 g/mol. The Morgan fingerprint density at radius 2 is 1.93 bits per heavy atom. The van der Waals surface area contributed by atoms with Gasteiger partial charge in [0.1, 0.15) is 0 Å². The summed E-state index contributed by atoms with van der Waals surface area (Å²) in [6.45, 7) is 3.23. The maximum absolute atomic E-state index is 13.1. The van der Waals surface area contributed by atoms with Crippen molar-refractivity contribution in [3.8, 4) is 22.8 Å². The molecule has 2 aliphatic heterocycles. The number of carbonyl (C=O) groups excluding carboxylic acids is 1. The lowest BCUT2D eigenvalue weighted by Crippen LogP contribution is -2.49. The molecule has 29 heavy (non-hydrogen) atoms. The Hall–Kier alpha value is -3.12. The van der Waals surface area contributed by atoms with E-state index in [-0.39, 0.29) is 24.0 Å². The highest BCUT2D eigenvalue weighted by atomic mass is 16.7. The second-order valence-corrected chi connectivity index (χ2v) is 7.90. The fourth-order valence-electron chi connectivity index (χ4n) is 4.19. The van der Waals surface area contributed by atoms with Crippen molar-refractivity contribution in [3.05, 3.63) is 65.9 Å². The largest absolute Gasteiger partial charge is 0.454 e. The first kappa shape index (κ1) is 17.9. The second-order valence-electron chi connectivity index (χ2n) is 7.90. The van der Waals surface area contributed by atoms with Gasteiger partial charge in [-0.05, 0) is 48.6 Å². The zero-order valence-electron chi connectivity index (χ0n) is 16.2. The van der Waals surface area contributed by atoms with Crippen LogP contribution in [0.5, 0.6) is 11.5 Å². The van der Waals surface area contributed by atoms with Gasteiger partial charge in [-0.25, -0.2) is 0 Å². The third kappa shape index (κ3) is 3.29. The topological polar surface area (TPSA) is 73.6 Å². The first-order chi connectivity index (χ1) is 14.1. The van der Waals surface area contributed by atoms with Gasteiger partial charge in [0, 0.05) is 11.6 Å². The number of ketones is 1. The molecule has 5 rings (SSSR count). The van der Waals surface area contributed by atoms with Crippen LogP contribution in [0.2, 0.25) is 0 Å². The van der Waals surface area contributed by atoms with Crippen molar-refractivity contribution in [1.29, 1.82) is 0 Å². The van der Waals surface area contributed by atoms with Crippen LogP contribution in [0.4, 0.5) is 0 Å². The van der Waals surface area contributed by atoms with Gasteiger partial charge in [0.15, 0.2) is 23.0 Å². The van der Waals surface area contributed by atoms with E-state index in [4.69, 9.17) is 14.0 Å². The highest BCUT2D eigenvalue weighted by Crippen LogP contribution is 2.37.